The second-order valence-electron chi connectivity index (χ2n) is 9.79. The summed E-state index contributed by atoms with van der Waals surface area (Å²) in [5.74, 6) is 1.07. The van der Waals surface area contributed by atoms with Gasteiger partial charge in [-0.05, 0) is 61.7 Å². The van der Waals surface area contributed by atoms with Crippen LogP contribution in [0.5, 0.6) is 0 Å². The normalized spacial score (nSPS) is 21.4. The molecule has 0 N–H and O–H groups in total. The van der Waals surface area contributed by atoms with Crippen LogP contribution in [0.15, 0.2) is 22.8 Å². The summed E-state index contributed by atoms with van der Waals surface area (Å²) in [6, 6.07) is 4.61. The quantitative estimate of drug-likeness (QED) is 0.629. The Hall–Kier alpha value is -2.29. The smallest absolute Gasteiger partial charge is 0.410 e. The van der Waals surface area contributed by atoms with Gasteiger partial charge in [0, 0.05) is 68.3 Å². The Bertz CT molecular complexity index is 1020. The van der Waals surface area contributed by atoms with E-state index in [1.165, 1.54) is 0 Å². The van der Waals surface area contributed by atoms with E-state index >= 15 is 0 Å². The van der Waals surface area contributed by atoms with Crippen molar-refractivity contribution in [3.8, 4) is 0 Å². The molecule has 8 nitrogen and oxygen atoms in total. The number of piperazine rings is 1. The number of hydrogen-bond donors (Lipinski definition) is 0. The van der Waals surface area contributed by atoms with Crippen molar-refractivity contribution in [2.24, 2.45) is 0 Å². The first-order valence-corrected chi connectivity index (χ1v) is 12.0. The third-order valence-electron chi connectivity index (χ3n) is 6.37. The average Bonchev–Trinajstić information content (AvgIpc) is 3.01. The van der Waals surface area contributed by atoms with Gasteiger partial charge in [0.25, 0.3) is 0 Å². The molecular weight excluding hydrogens is 474 g/mol. The van der Waals surface area contributed by atoms with Gasteiger partial charge in [-0.3, -0.25) is 4.79 Å². The highest BCUT2D eigenvalue weighted by atomic mass is 79.9. The number of carbonyl (C=O) groups excluding carboxylic acids is 2. The van der Waals surface area contributed by atoms with Crippen LogP contribution in [0.3, 0.4) is 0 Å². The molecule has 2 aromatic rings. The van der Waals surface area contributed by atoms with E-state index in [2.05, 4.69) is 43.7 Å². The van der Waals surface area contributed by atoms with Crippen molar-refractivity contribution in [2.45, 2.75) is 58.2 Å². The fourth-order valence-electron chi connectivity index (χ4n) is 4.36. The molecule has 0 bridgehead atoms. The van der Waals surface area contributed by atoms with Crippen LogP contribution in [0.2, 0.25) is 0 Å². The number of hydrogen-bond acceptors (Lipinski definition) is 5. The Morgan fingerprint density at radius 2 is 1.81 bits per heavy atom. The summed E-state index contributed by atoms with van der Waals surface area (Å²) >= 11 is 3.68. The number of fused-ring (bicyclic) bond motifs is 1. The van der Waals surface area contributed by atoms with Gasteiger partial charge in [-0.1, -0.05) is 0 Å². The Morgan fingerprint density at radius 1 is 1.16 bits per heavy atom. The van der Waals surface area contributed by atoms with Gasteiger partial charge >= 0.3 is 6.09 Å². The molecule has 174 valence electrons. The first kappa shape index (κ1) is 22.9. The van der Waals surface area contributed by atoms with E-state index in [4.69, 9.17) is 9.72 Å². The maximum atomic E-state index is 12.4. The summed E-state index contributed by atoms with van der Waals surface area (Å²) in [7, 11) is 1.82. The Labute approximate surface area is 197 Å². The van der Waals surface area contributed by atoms with E-state index in [0.717, 1.165) is 60.3 Å². The fraction of sp³-hybridized carbons (Fsp3) is 0.609. The summed E-state index contributed by atoms with van der Waals surface area (Å²) in [5.41, 5.74) is 0.457. The second kappa shape index (κ2) is 8.57. The number of amides is 2. The molecule has 0 spiro atoms. The lowest BCUT2D eigenvalue weighted by Gasteiger charge is -2.42. The molecule has 1 saturated carbocycles. The maximum absolute atomic E-state index is 12.4. The lowest BCUT2D eigenvalue weighted by Crippen LogP contribution is -2.48. The van der Waals surface area contributed by atoms with E-state index < -0.39 is 5.60 Å². The molecule has 1 aliphatic heterocycles. The number of nitrogens with zero attached hydrogens (tertiary/aromatic N) is 5. The predicted molar refractivity (Wildman–Crippen MR) is 128 cm³/mol. The molecule has 2 aliphatic rings. The molecule has 2 fully saturated rings. The third-order valence-corrected chi connectivity index (χ3v) is 7.01. The van der Waals surface area contributed by atoms with Gasteiger partial charge in [0.05, 0.1) is 0 Å². The van der Waals surface area contributed by atoms with E-state index in [1.807, 2.05) is 32.7 Å². The molecule has 32 heavy (non-hydrogen) atoms. The van der Waals surface area contributed by atoms with Crippen LogP contribution in [0.1, 0.15) is 46.6 Å². The van der Waals surface area contributed by atoms with Crippen molar-refractivity contribution in [2.75, 3.05) is 38.1 Å². The Morgan fingerprint density at radius 3 is 2.41 bits per heavy atom. The predicted octanol–water partition coefficient (Wildman–Crippen LogP) is 4.04. The summed E-state index contributed by atoms with van der Waals surface area (Å²) < 4.78 is 8.76. The number of rotatable bonds is 3. The van der Waals surface area contributed by atoms with Gasteiger partial charge in [-0.15, -0.1) is 0 Å². The van der Waals surface area contributed by atoms with Crippen molar-refractivity contribution in [3.63, 3.8) is 0 Å². The zero-order valence-electron chi connectivity index (χ0n) is 19.5. The molecule has 1 saturated heterocycles. The summed E-state index contributed by atoms with van der Waals surface area (Å²) in [5, 5.41) is 1.08. The minimum Gasteiger partial charge on any atom is -0.444 e. The minimum absolute atomic E-state index is 0.127. The lowest BCUT2D eigenvalue weighted by atomic mass is 9.85. The van der Waals surface area contributed by atoms with Crippen molar-refractivity contribution in [1.29, 1.82) is 0 Å². The molecule has 0 atom stereocenters. The van der Waals surface area contributed by atoms with Crippen molar-refractivity contribution in [3.05, 3.63) is 22.8 Å². The number of anilines is 1. The largest absolute Gasteiger partial charge is 0.444 e. The molecule has 0 radical (unpaired) electrons. The van der Waals surface area contributed by atoms with Crippen LogP contribution in [-0.4, -0.2) is 76.2 Å². The first-order chi connectivity index (χ1) is 15.0. The fourth-order valence-corrected chi connectivity index (χ4v) is 4.89. The number of halogens is 1. The Kier molecular flexibility index (Phi) is 6.13. The molecule has 9 heteroatoms. The first-order valence-electron chi connectivity index (χ1n) is 11.2. The van der Waals surface area contributed by atoms with E-state index in [0.29, 0.717) is 0 Å². The average molecular weight is 506 g/mol. The third kappa shape index (κ3) is 4.58. The van der Waals surface area contributed by atoms with E-state index in [9.17, 15) is 9.59 Å². The summed E-state index contributed by atoms with van der Waals surface area (Å²) in [4.78, 5) is 34.8. The number of carbonyl (C=O) groups is 2. The van der Waals surface area contributed by atoms with Gasteiger partial charge in [0.2, 0.25) is 5.91 Å². The van der Waals surface area contributed by atoms with Crippen LogP contribution >= 0.6 is 15.9 Å². The SMILES string of the molecule is CC(=O)N1CCN(c2ccc3c(Br)cn(C4CC(N(C)C(=O)OC(C)(C)C)C4)c3n2)CC1. The number of pyridine rings is 1. The van der Waals surface area contributed by atoms with Crippen LogP contribution in [-0.2, 0) is 9.53 Å². The van der Waals surface area contributed by atoms with Gasteiger partial charge in [-0.25, -0.2) is 9.78 Å². The van der Waals surface area contributed by atoms with Crippen LogP contribution in [0.4, 0.5) is 10.6 Å². The topological polar surface area (TPSA) is 70.9 Å². The molecular formula is C23H32BrN5O3. The zero-order chi connectivity index (χ0) is 23.2. The highest BCUT2D eigenvalue weighted by Gasteiger charge is 2.37. The number of ether oxygens (including phenoxy) is 1. The van der Waals surface area contributed by atoms with E-state index in [1.54, 1.807) is 11.8 Å². The zero-order valence-corrected chi connectivity index (χ0v) is 21.1. The molecule has 4 rings (SSSR count). The number of aromatic nitrogens is 2. The standard InChI is InChI=1S/C23H32BrN5O3/c1-15(30)27-8-10-28(11-9-27)20-7-6-18-19(24)14-29(21(18)25-20)17-12-16(13-17)26(5)22(31)32-23(2,3)4/h6-7,14,16-17H,8-13H2,1-5H3. The van der Waals surface area contributed by atoms with Gasteiger partial charge in [0.1, 0.15) is 17.1 Å². The van der Waals surface area contributed by atoms with Crippen LogP contribution in [0, 0.1) is 0 Å². The highest BCUT2D eigenvalue weighted by molar-refractivity contribution is 9.10. The molecule has 1 aliphatic carbocycles. The van der Waals surface area contributed by atoms with Crippen LogP contribution < -0.4 is 4.90 Å². The summed E-state index contributed by atoms with van der Waals surface area (Å²) in [6.07, 6.45) is 3.57. The minimum atomic E-state index is -0.494. The molecule has 0 aromatic carbocycles. The molecule has 2 amide bonds. The van der Waals surface area contributed by atoms with Gasteiger partial charge < -0.3 is 24.0 Å². The molecule has 3 heterocycles. The summed E-state index contributed by atoms with van der Waals surface area (Å²) in [6.45, 7) is 10.3. The maximum Gasteiger partial charge on any atom is 0.410 e. The van der Waals surface area contributed by atoms with E-state index in [-0.39, 0.29) is 24.1 Å². The Balaban J connectivity index is 1.47. The van der Waals surface area contributed by atoms with Crippen molar-refractivity contribution < 1.29 is 14.3 Å². The van der Waals surface area contributed by atoms with Gasteiger partial charge in [0.15, 0.2) is 0 Å². The van der Waals surface area contributed by atoms with Crippen LogP contribution in [0.25, 0.3) is 11.0 Å². The van der Waals surface area contributed by atoms with Gasteiger partial charge in [-0.2, -0.15) is 0 Å². The van der Waals surface area contributed by atoms with Crippen molar-refractivity contribution in [1.82, 2.24) is 19.4 Å². The highest BCUT2D eigenvalue weighted by Crippen LogP contribution is 2.40. The molecule has 2 aromatic heterocycles. The lowest BCUT2D eigenvalue weighted by molar-refractivity contribution is -0.129. The molecule has 0 unspecified atom stereocenters. The monoisotopic (exact) mass is 505 g/mol. The van der Waals surface area contributed by atoms with Crippen molar-refractivity contribution >= 4 is 44.8 Å². The second-order valence-corrected chi connectivity index (χ2v) is 10.6.